The molecule has 1 fully saturated rings. The lowest BCUT2D eigenvalue weighted by molar-refractivity contribution is 0.0307. The number of nitrogens with zero attached hydrogens (tertiary/aromatic N) is 2. The van der Waals surface area contributed by atoms with Gasteiger partial charge in [0.25, 0.3) is 5.89 Å². The summed E-state index contributed by atoms with van der Waals surface area (Å²) in [6.07, 6.45) is 2.83. The van der Waals surface area contributed by atoms with Crippen molar-refractivity contribution in [2.45, 2.75) is 45.3 Å². The fourth-order valence-electron chi connectivity index (χ4n) is 1.91. The van der Waals surface area contributed by atoms with E-state index in [1.807, 2.05) is 0 Å². The number of hydrogen-bond acceptors (Lipinski definition) is 5. The maximum Gasteiger partial charge on any atom is 0.255 e. The van der Waals surface area contributed by atoms with Crippen molar-refractivity contribution in [1.29, 1.82) is 0 Å². The molecule has 2 rings (SSSR count). The van der Waals surface area contributed by atoms with Crippen LogP contribution in [0, 0.1) is 5.92 Å². The van der Waals surface area contributed by atoms with Crippen LogP contribution < -0.4 is 5.73 Å². The van der Waals surface area contributed by atoms with Crippen molar-refractivity contribution in [3.63, 3.8) is 0 Å². The first-order valence-electron chi connectivity index (χ1n) is 5.87. The average Bonchev–Trinajstić information content (AvgIpc) is 2.83. The van der Waals surface area contributed by atoms with Gasteiger partial charge in [0.15, 0.2) is 5.82 Å². The Morgan fingerprint density at radius 2 is 2.25 bits per heavy atom. The van der Waals surface area contributed by atoms with Gasteiger partial charge in [-0.3, -0.25) is 0 Å². The monoisotopic (exact) mass is 225 g/mol. The molecule has 16 heavy (non-hydrogen) atoms. The van der Waals surface area contributed by atoms with Gasteiger partial charge in [-0.15, -0.1) is 0 Å². The van der Waals surface area contributed by atoms with Gasteiger partial charge in [-0.1, -0.05) is 19.0 Å². The Morgan fingerprint density at radius 3 is 2.88 bits per heavy atom. The van der Waals surface area contributed by atoms with Crippen molar-refractivity contribution >= 4 is 0 Å². The molecule has 1 aliphatic heterocycles. The molecule has 1 aromatic rings. The normalized spacial score (nSPS) is 25.5. The van der Waals surface area contributed by atoms with Gasteiger partial charge in [0, 0.05) is 13.0 Å². The Bertz CT molecular complexity index is 338. The molecule has 90 valence electrons. The minimum atomic E-state index is -0.0537. The van der Waals surface area contributed by atoms with Crippen LogP contribution in [0.1, 0.15) is 44.5 Å². The third-order valence-corrected chi connectivity index (χ3v) is 2.72. The Hall–Kier alpha value is -0.940. The molecule has 5 heteroatoms. The highest BCUT2D eigenvalue weighted by molar-refractivity contribution is 4.94. The molecule has 0 aliphatic carbocycles. The topological polar surface area (TPSA) is 74.2 Å². The van der Waals surface area contributed by atoms with Gasteiger partial charge in [-0.2, -0.15) is 4.98 Å². The molecule has 1 aliphatic rings. The smallest absolute Gasteiger partial charge is 0.255 e. The lowest BCUT2D eigenvalue weighted by Crippen LogP contribution is -2.18. The SMILES string of the molecule is CC(C)Cc1noc([C@H]2CC[C@H](CN)O2)n1. The van der Waals surface area contributed by atoms with Crippen LogP contribution in [-0.2, 0) is 11.2 Å². The second-order valence-electron chi connectivity index (χ2n) is 4.71. The van der Waals surface area contributed by atoms with Crippen LogP contribution >= 0.6 is 0 Å². The predicted octanol–water partition coefficient (Wildman–Crippen LogP) is 1.45. The Morgan fingerprint density at radius 1 is 1.44 bits per heavy atom. The summed E-state index contributed by atoms with van der Waals surface area (Å²) < 4.78 is 10.9. The molecule has 2 heterocycles. The molecular formula is C11H19N3O2. The molecule has 0 amide bonds. The van der Waals surface area contributed by atoms with E-state index in [1.165, 1.54) is 0 Å². The summed E-state index contributed by atoms with van der Waals surface area (Å²) in [5.41, 5.74) is 5.55. The molecule has 0 radical (unpaired) electrons. The van der Waals surface area contributed by atoms with Gasteiger partial charge in [-0.05, 0) is 18.8 Å². The van der Waals surface area contributed by atoms with Gasteiger partial charge in [0.1, 0.15) is 6.10 Å². The van der Waals surface area contributed by atoms with E-state index in [4.69, 9.17) is 15.0 Å². The molecule has 0 unspecified atom stereocenters. The molecule has 0 bridgehead atoms. The minimum absolute atomic E-state index is 0.0537. The summed E-state index contributed by atoms with van der Waals surface area (Å²) in [5, 5.41) is 3.95. The second-order valence-corrected chi connectivity index (χ2v) is 4.71. The predicted molar refractivity (Wildman–Crippen MR) is 58.7 cm³/mol. The fraction of sp³-hybridized carbons (Fsp3) is 0.818. The first kappa shape index (κ1) is 11.5. The first-order valence-corrected chi connectivity index (χ1v) is 5.87. The number of aromatic nitrogens is 2. The molecule has 0 spiro atoms. The summed E-state index contributed by atoms with van der Waals surface area (Å²) in [6, 6.07) is 0. The Balaban J connectivity index is 1.97. The van der Waals surface area contributed by atoms with Crippen LogP contribution in [0.4, 0.5) is 0 Å². The van der Waals surface area contributed by atoms with Gasteiger partial charge in [0.2, 0.25) is 0 Å². The maximum atomic E-state index is 5.69. The fourth-order valence-corrected chi connectivity index (χ4v) is 1.91. The van der Waals surface area contributed by atoms with Crippen molar-refractivity contribution < 1.29 is 9.26 Å². The molecule has 1 aromatic heterocycles. The zero-order valence-electron chi connectivity index (χ0n) is 9.85. The Labute approximate surface area is 95.3 Å². The van der Waals surface area contributed by atoms with E-state index in [2.05, 4.69) is 24.0 Å². The zero-order chi connectivity index (χ0) is 11.5. The van der Waals surface area contributed by atoms with E-state index in [0.717, 1.165) is 25.1 Å². The lowest BCUT2D eigenvalue weighted by Gasteiger charge is -2.07. The molecule has 2 N–H and O–H groups in total. The van der Waals surface area contributed by atoms with E-state index >= 15 is 0 Å². The highest BCUT2D eigenvalue weighted by Gasteiger charge is 2.29. The third-order valence-electron chi connectivity index (χ3n) is 2.72. The van der Waals surface area contributed by atoms with Crippen LogP contribution in [-0.4, -0.2) is 22.8 Å². The van der Waals surface area contributed by atoms with Crippen molar-refractivity contribution in [2.24, 2.45) is 11.7 Å². The number of hydrogen-bond donors (Lipinski definition) is 1. The Kier molecular flexibility index (Phi) is 3.56. The standard InChI is InChI=1S/C11H19N3O2/c1-7(2)5-10-13-11(16-14-10)9-4-3-8(6-12)15-9/h7-9H,3-6,12H2,1-2H3/t8-,9-/m1/s1. The molecule has 2 atom stereocenters. The zero-order valence-corrected chi connectivity index (χ0v) is 9.85. The quantitative estimate of drug-likeness (QED) is 0.839. The van der Waals surface area contributed by atoms with Gasteiger partial charge in [-0.25, -0.2) is 0 Å². The summed E-state index contributed by atoms with van der Waals surface area (Å²) >= 11 is 0. The highest BCUT2D eigenvalue weighted by Crippen LogP contribution is 2.31. The van der Waals surface area contributed by atoms with E-state index in [9.17, 15) is 0 Å². The molecule has 5 nitrogen and oxygen atoms in total. The third kappa shape index (κ3) is 2.59. The van der Waals surface area contributed by atoms with Crippen LogP contribution in [0.2, 0.25) is 0 Å². The van der Waals surface area contributed by atoms with Crippen LogP contribution in [0.15, 0.2) is 4.52 Å². The van der Waals surface area contributed by atoms with Crippen molar-refractivity contribution in [2.75, 3.05) is 6.54 Å². The number of ether oxygens (including phenoxy) is 1. The molecule has 1 saturated heterocycles. The summed E-state index contributed by atoms with van der Waals surface area (Å²) in [7, 11) is 0. The van der Waals surface area contributed by atoms with E-state index < -0.39 is 0 Å². The number of nitrogens with two attached hydrogens (primary N) is 1. The summed E-state index contributed by atoms with van der Waals surface area (Å²) in [5.74, 6) is 1.91. The van der Waals surface area contributed by atoms with Gasteiger partial charge < -0.3 is 15.0 Å². The van der Waals surface area contributed by atoms with Crippen molar-refractivity contribution in [3.8, 4) is 0 Å². The van der Waals surface area contributed by atoms with Crippen molar-refractivity contribution in [1.82, 2.24) is 10.1 Å². The lowest BCUT2D eigenvalue weighted by atomic mass is 10.1. The van der Waals surface area contributed by atoms with E-state index in [-0.39, 0.29) is 12.2 Å². The number of rotatable bonds is 4. The maximum absolute atomic E-state index is 5.69. The average molecular weight is 225 g/mol. The van der Waals surface area contributed by atoms with Gasteiger partial charge in [0.05, 0.1) is 6.10 Å². The largest absolute Gasteiger partial charge is 0.364 e. The van der Waals surface area contributed by atoms with Gasteiger partial charge >= 0.3 is 0 Å². The van der Waals surface area contributed by atoms with E-state index in [1.54, 1.807) is 0 Å². The van der Waals surface area contributed by atoms with Crippen LogP contribution in [0.3, 0.4) is 0 Å². The first-order chi connectivity index (χ1) is 7.69. The molecule has 0 aromatic carbocycles. The summed E-state index contributed by atoms with van der Waals surface area (Å²) in [4.78, 5) is 4.36. The van der Waals surface area contributed by atoms with Crippen molar-refractivity contribution in [3.05, 3.63) is 11.7 Å². The van der Waals surface area contributed by atoms with E-state index in [0.29, 0.717) is 18.4 Å². The minimum Gasteiger partial charge on any atom is -0.364 e. The highest BCUT2D eigenvalue weighted by atomic mass is 16.5. The molecular weight excluding hydrogens is 206 g/mol. The van der Waals surface area contributed by atoms with Crippen LogP contribution in [0.5, 0.6) is 0 Å². The second kappa shape index (κ2) is 4.93. The molecule has 0 saturated carbocycles. The summed E-state index contributed by atoms with van der Waals surface area (Å²) in [6.45, 7) is 4.82. The van der Waals surface area contributed by atoms with Crippen LogP contribution in [0.25, 0.3) is 0 Å².